The van der Waals surface area contributed by atoms with E-state index in [4.69, 9.17) is 0 Å². The zero-order chi connectivity index (χ0) is 13.9. The summed E-state index contributed by atoms with van der Waals surface area (Å²) >= 11 is 1.46. The van der Waals surface area contributed by atoms with Crippen LogP contribution in [0.25, 0.3) is 10.2 Å². The fourth-order valence-corrected chi connectivity index (χ4v) is 3.33. The number of para-hydroxylation sites is 1. The molecule has 106 valence electrons. The molecule has 0 spiro atoms. The van der Waals surface area contributed by atoms with E-state index < -0.39 is 0 Å². The van der Waals surface area contributed by atoms with E-state index in [1.54, 1.807) is 0 Å². The average Bonchev–Trinajstić information content (AvgIpc) is 2.83. The van der Waals surface area contributed by atoms with Crippen LogP contribution in [-0.2, 0) is 0 Å². The van der Waals surface area contributed by atoms with Crippen LogP contribution >= 0.6 is 11.3 Å². The fraction of sp³-hybridized carbons (Fsp3) is 0.429. The fourth-order valence-electron chi connectivity index (χ4n) is 2.46. The minimum Gasteiger partial charge on any atom is -0.393 e. The summed E-state index contributed by atoms with van der Waals surface area (Å²) in [4.78, 5) is 16.3. The molecule has 1 aliphatic rings. The molecule has 1 heterocycles. The number of nitrogens with zero attached hydrogens (tertiary/aromatic N) is 1. The van der Waals surface area contributed by atoms with Crippen molar-refractivity contribution in [2.24, 2.45) is 0 Å². The maximum Gasteiger partial charge on any atom is 0.321 e. The second-order valence-corrected chi connectivity index (χ2v) is 6.12. The number of aromatic nitrogens is 1. The number of aliphatic hydroxyl groups is 1. The second-order valence-electron chi connectivity index (χ2n) is 5.09. The molecular weight excluding hydrogens is 274 g/mol. The van der Waals surface area contributed by atoms with E-state index in [1.165, 1.54) is 11.3 Å². The van der Waals surface area contributed by atoms with Crippen molar-refractivity contribution >= 4 is 32.7 Å². The Bertz CT molecular complexity index is 572. The van der Waals surface area contributed by atoms with Gasteiger partial charge in [0.2, 0.25) is 0 Å². The topological polar surface area (TPSA) is 74.2 Å². The smallest absolute Gasteiger partial charge is 0.321 e. The number of carbonyl (C=O) groups is 1. The van der Waals surface area contributed by atoms with Gasteiger partial charge in [-0.1, -0.05) is 23.5 Å². The summed E-state index contributed by atoms with van der Waals surface area (Å²) in [6.07, 6.45) is 2.96. The van der Waals surface area contributed by atoms with Crippen molar-refractivity contribution in [2.45, 2.75) is 37.8 Å². The van der Waals surface area contributed by atoms with Crippen LogP contribution in [-0.4, -0.2) is 28.3 Å². The highest BCUT2D eigenvalue weighted by atomic mass is 32.1. The molecule has 5 nitrogen and oxygen atoms in total. The lowest BCUT2D eigenvalue weighted by Crippen LogP contribution is -2.40. The van der Waals surface area contributed by atoms with Gasteiger partial charge in [-0.15, -0.1) is 0 Å². The normalized spacial score (nSPS) is 22.6. The quantitative estimate of drug-likeness (QED) is 0.796. The SMILES string of the molecule is O=C(Nc1nc2ccccc2s1)NC1CCC(O)CC1. The number of rotatable bonds is 2. The molecule has 20 heavy (non-hydrogen) atoms. The maximum atomic E-state index is 11.9. The monoisotopic (exact) mass is 291 g/mol. The Morgan fingerprint density at radius 2 is 2.00 bits per heavy atom. The molecule has 0 aliphatic heterocycles. The minimum absolute atomic E-state index is 0.146. The zero-order valence-electron chi connectivity index (χ0n) is 11.0. The third-order valence-electron chi connectivity index (χ3n) is 3.55. The summed E-state index contributed by atoms with van der Waals surface area (Å²) in [6.45, 7) is 0. The Hall–Kier alpha value is -1.66. The number of carbonyl (C=O) groups excluding carboxylic acids is 1. The molecular formula is C14H17N3O2S. The van der Waals surface area contributed by atoms with E-state index in [-0.39, 0.29) is 18.2 Å². The van der Waals surface area contributed by atoms with E-state index in [0.717, 1.165) is 35.9 Å². The largest absolute Gasteiger partial charge is 0.393 e. The third-order valence-corrected chi connectivity index (χ3v) is 4.50. The third kappa shape index (κ3) is 3.08. The van der Waals surface area contributed by atoms with Crippen molar-refractivity contribution in [3.63, 3.8) is 0 Å². The van der Waals surface area contributed by atoms with E-state index in [0.29, 0.717) is 5.13 Å². The average molecular weight is 291 g/mol. The first-order valence-electron chi connectivity index (χ1n) is 6.82. The molecule has 3 rings (SSSR count). The molecule has 2 aromatic rings. The molecule has 1 aliphatic carbocycles. The maximum absolute atomic E-state index is 11.9. The number of nitrogens with one attached hydrogen (secondary N) is 2. The Morgan fingerprint density at radius 3 is 2.75 bits per heavy atom. The Kier molecular flexibility index (Phi) is 3.84. The summed E-state index contributed by atoms with van der Waals surface area (Å²) in [6, 6.07) is 7.73. The molecule has 0 bridgehead atoms. The van der Waals surface area contributed by atoms with Gasteiger partial charge in [0.25, 0.3) is 0 Å². The van der Waals surface area contributed by atoms with E-state index in [9.17, 15) is 9.90 Å². The molecule has 0 saturated heterocycles. The standard InChI is InChI=1S/C14H17N3O2S/c18-10-7-5-9(6-8-10)15-13(19)17-14-16-11-3-1-2-4-12(11)20-14/h1-4,9-10,18H,5-8H2,(H2,15,16,17,19). The van der Waals surface area contributed by atoms with Crippen LogP contribution in [0.5, 0.6) is 0 Å². The highest BCUT2D eigenvalue weighted by molar-refractivity contribution is 7.22. The molecule has 1 aromatic heterocycles. The van der Waals surface area contributed by atoms with Gasteiger partial charge in [-0.3, -0.25) is 5.32 Å². The number of benzene rings is 1. The van der Waals surface area contributed by atoms with Crippen molar-refractivity contribution < 1.29 is 9.90 Å². The van der Waals surface area contributed by atoms with Crippen molar-refractivity contribution in [2.75, 3.05) is 5.32 Å². The lowest BCUT2D eigenvalue weighted by molar-refractivity contribution is 0.118. The lowest BCUT2D eigenvalue weighted by Gasteiger charge is -2.25. The molecule has 0 atom stereocenters. The molecule has 1 fully saturated rings. The highest BCUT2D eigenvalue weighted by Crippen LogP contribution is 2.25. The van der Waals surface area contributed by atoms with E-state index in [2.05, 4.69) is 15.6 Å². The zero-order valence-corrected chi connectivity index (χ0v) is 11.8. The van der Waals surface area contributed by atoms with Gasteiger partial charge in [0, 0.05) is 6.04 Å². The molecule has 6 heteroatoms. The number of anilines is 1. The summed E-state index contributed by atoms with van der Waals surface area (Å²) in [5.74, 6) is 0. The Balaban J connectivity index is 1.58. The molecule has 1 aromatic carbocycles. The second kappa shape index (κ2) is 5.76. The Morgan fingerprint density at radius 1 is 1.25 bits per heavy atom. The first kappa shape index (κ1) is 13.3. The van der Waals surface area contributed by atoms with Crippen LogP contribution in [0.4, 0.5) is 9.93 Å². The first-order valence-corrected chi connectivity index (χ1v) is 7.63. The van der Waals surface area contributed by atoms with Crippen molar-refractivity contribution in [1.29, 1.82) is 0 Å². The molecule has 0 radical (unpaired) electrons. The number of thiazole rings is 1. The minimum atomic E-state index is -0.217. The molecule has 2 amide bonds. The summed E-state index contributed by atoms with van der Waals surface area (Å²) < 4.78 is 1.06. The van der Waals surface area contributed by atoms with Gasteiger partial charge < -0.3 is 10.4 Å². The van der Waals surface area contributed by atoms with Crippen LogP contribution in [0.15, 0.2) is 24.3 Å². The van der Waals surface area contributed by atoms with Gasteiger partial charge in [-0.05, 0) is 37.8 Å². The summed E-state index contributed by atoms with van der Waals surface area (Å²) in [5, 5.41) is 15.8. The molecule has 0 unspecified atom stereocenters. The predicted octanol–water partition coefficient (Wildman–Crippen LogP) is 2.72. The number of hydrogen-bond acceptors (Lipinski definition) is 4. The van der Waals surface area contributed by atoms with Crippen molar-refractivity contribution in [3.8, 4) is 0 Å². The van der Waals surface area contributed by atoms with Gasteiger partial charge in [0.05, 0.1) is 16.3 Å². The van der Waals surface area contributed by atoms with E-state index >= 15 is 0 Å². The highest BCUT2D eigenvalue weighted by Gasteiger charge is 2.21. The van der Waals surface area contributed by atoms with Gasteiger partial charge in [0.15, 0.2) is 5.13 Å². The van der Waals surface area contributed by atoms with Crippen LogP contribution in [0.3, 0.4) is 0 Å². The first-order chi connectivity index (χ1) is 9.70. The van der Waals surface area contributed by atoms with Crippen LogP contribution < -0.4 is 10.6 Å². The predicted molar refractivity (Wildman–Crippen MR) is 80.0 cm³/mol. The van der Waals surface area contributed by atoms with Crippen LogP contribution in [0.1, 0.15) is 25.7 Å². The van der Waals surface area contributed by atoms with Crippen LogP contribution in [0.2, 0.25) is 0 Å². The summed E-state index contributed by atoms with van der Waals surface area (Å²) in [7, 11) is 0. The Labute approximate surface area is 121 Å². The number of hydrogen-bond donors (Lipinski definition) is 3. The van der Waals surface area contributed by atoms with Gasteiger partial charge in [-0.25, -0.2) is 9.78 Å². The number of fused-ring (bicyclic) bond motifs is 1. The van der Waals surface area contributed by atoms with Gasteiger partial charge in [-0.2, -0.15) is 0 Å². The van der Waals surface area contributed by atoms with Gasteiger partial charge >= 0.3 is 6.03 Å². The molecule has 1 saturated carbocycles. The number of amides is 2. The van der Waals surface area contributed by atoms with Crippen molar-refractivity contribution in [1.82, 2.24) is 10.3 Å². The lowest BCUT2D eigenvalue weighted by atomic mass is 9.93. The van der Waals surface area contributed by atoms with E-state index in [1.807, 2.05) is 24.3 Å². The summed E-state index contributed by atoms with van der Waals surface area (Å²) in [5.41, 5.74) is 0.897. The van der Waals surface area contributed by atoms with Crippen LogP contribution in [0, 0.1) is 0 Å². The van der Waals surface area contributed by atoms with Crippen molar-refractivity contribution in [3.05, 3.63) is 24.3 Å². The number of urea groups is 1. The molecule has 3 N–H and O–H groups in total. The van der Waals surface area contributed by atoms with Gasteiger partial charge in [0.1, 0.15) is 0 Å². The number of aliphatic hydroxyl groups excluding tert-OH is 1.